The van der Waals surface area contributed by atoms with Crippen molar-refractivity contribution in [3.05, 3.63) is 60.8 Å². The van der Waals surface area contributed by atoms with E-state index in [0.29, 0.717) is 19.3 Å². The summed E-state index contributed by atoms with van der Waals surface area (Å²) in [6, 6.07) is 0. The van der Waals surface area contributed by atoms with Crippen LogP contribution in [0.1, 0.15) is 265 Å². The molecule has 63 heavy (non-hydrogen) atoms. The Morgan fingerprint density at radius 3 is 1.00 bits per heavy atom. The van der Waals surface area contributed by atoms with E-state index in [4.69, 9.17) is 14.2 Å². The van der Waals surface area contributed by atoms with Gasteiger partial charge in [0.2, 0.25) is 0 Å². The van der Waals surface area contributed by atoms with Crippen molar-refractivity contribution in [3.63, 3.8) is 0 Å². The molecule has 1 atom stereocenters. The Labute approximate surface area is 390 Å². The van der Waals surface area contributed by atoms with Crippen LogP contribution >= 0.6 is 0 Å². The van der Waals surface area contributed by atoms with E-state index in [-0.39, 0.29) is 31.1 Å². The fourth-order valence-corrected chi connectivity index (χ4v) is 7.49. The number of carbonyl (C=O) groups is 3. The minimum Gasteiger partial charge on any atom is -0.462 e. The number of rotatable bonds is 48. The number of hydrogen-bond acceptors (Lipinski definition) is 6. The highest BCUT2D eigenvalue weighted by Gasteiger charge is 2.19. The van der Waals surface area contributed by atoms with E-state index in [2.05, 4.69) is 81.5 Å². The summed E-state index contributed by atoms with van der Waals surface area (Å²) in [5.74, 6) is -0.907. The van der Waals surface area contributed by atoms with Gasteiger partial charge in [-0.3, -0.25) is 14.4 Å². The van der Waals surface area contributed by atoms with Crippen LogP contribution in [0, 0.1) is 0 Å². The Kier molecular flexibility index (Phi) is 49.4. The molecule has 1 unspecified atom stereocenters. The first-order valence-corrected chi connectivity index (χ1v) is 26.8. The third-order valence-electron chi connectivity index (χ3n) is 11.5. The summed E-state index contributed by atoms with van der Waals surface area (Å²) in [5.41, 5.74) is 0. The highest BCUT2D eigenvalue weighted by atomic mass is 16.6. The van der Waals surface area contributed by atoms with Crippen LogP contribution in [-0.2, 0) is 28.6 Å². The molecule has 0 radical (unpaired) electrons. The monoisotopic (exact) mass is 881 g/mol. The quantitative estimate of drug-likeness (QED) is 0.0262. The molecule has 0 bridgehead atoms. The first kappa shape index (κ1) is 60.1. The van der Waals surface area contributed by atoms with Gasteiger partial charge in [0.25, 0.3) is 0 Å². The van der Waals surface area contributed by atoms with Crippen LogP contribution < -0.4 is 0 Å². The Bertz CT molecular complexity index is 1150. The van der Waals surface area contributed by atoms with E-state index in [0.717, 1.165) is 103 Å². The van der Waals surface area contributed by atoms with Crippen LogP contribution in [0.4, 0.5) is 0 Å². The second kappa shape index (κ2) is 51.7. The van der Waals surface area contributed by atoms with Crippen LogP contribution in [0.5, 0.6) is 0 Å². The van der Waals surface area contributed by atoms with Crippen LogP contribution in [0.15, 0.2) is 60.8 Å². The Balaban J connectivity index is 4.38. The van der Waals surface area contributed by atoms with Crippen molar-refractivity contribution < 1.29 is 28.6 Å². The highest BCUT2D eigenvalue weighted by molar-refractivity contribution is 5.71. The lowest BCUT2D eigenvalue weighted by atomic mass is 10.0. The topological polar surface area (TPSA) is 78.9 Å². The van der Waals surface area contributed by atoms with Crippen molar-refractivity contribution in [1.29, 1.82) is 0 Å². The predicted molar refractivity (Wildman–Crippen MR) is 270 cm³/mol. The summed E-state index contributed by atoms with van der Waals surface area (Å²) >= 11 is 0. The van der Waals surface area contributed by atoms with Gasteiger partial charge in [-0.15, -0.1) is 0 Å². The summed E-state index contributed by atoms with van der Waals surface area (Å²) in [5, 5.41) is 0. The van der Waals surface area contributed by atoms with E-state index in [1.807, 2.05) is 0 Å². The molecule has 0 aliphatic heterocycles. The SMILES string of the molecule is CC/C=C\C/C=C\C/C=C\C/C=C\CCCCCCCCC(=O)OCC(COC(=O)CCCCCCCCCCCCCCC)OC(=O)CCCCC/C=C\CCCCCCCC. The minimum absolute atomic E-state index is 0.0827. The molecule has 6 heteroatoms. The number of allylic oxidation sites excluding steroid dienone is 10. The fourth-order valence-electron chi connectivity index (χ4n) is 7.49. The molecule has 0 aliphatic rings. The van der Waals surface area contributed by atoms with Crippen LogP contribution in [0.3, 0.4) is 0 Å². The van der Waals surface area contributed by atoms with Gasteiger partial charge in [-0.25, -0.2) is 0 Å². The minimum atomic E-state index is -0.785. The maximum Gasteiger partial charge on any atom is 0.306 e. The fraction of sp³-hybridized carbons (Fsp3) is 0.772. The van der Waals surface area contributed by atoms with E-state index in [9.17, 15) is 14.4 Å². The molecule has 364 valence electrons. The number of ether oxygens (including phenoxy) is 3. The molecule has 0 spiro atoms. The van der Waals surface area contributed by atoms with Crippen LogP contribution in [0.2, 0.25) is 0 Å². The summed E-state index contributed by atoms with van der Waals surface area (Å²) in [6.07, 6.45) is 63.4. The zero-order valence-electron chi connectivity index (χ0n) is 41.6. The molecule has 0 saturated carbocycles. The molecule has 0 fully saturated rings. The van der Waals surface area contributed by atoms with E-state index >= 15 is 0 Å². The summed E-state index contributed by atoms with van der Waals surface area (Å²) < 4.78 is 16.8. The molecule has 0 aromatic heterocycles. The maximum absolute atomic E-state index is 12.8. The molecule has 0 heterocycles. The Hall–Kier alpha value is -2.89. The maximum atomic E-state index is 12.8. The lowest BCUT2D eigenvalue weighted by Gasteiger charge is -2.18. The van der Waals surface area contributed by atoms with Gasteiger partial charge in [-0.2, -0.15) is 0 Å². The van der Waals surface area contributed by atoms with E-state index in [1.165, 1.54) is 122 Å². The third-order valence-corrected chi connectivity index (χ3v) is 11.5. The second-order valence-corrected chi connectivity index (χ2v) is 17.8. The van der Waals surface area contributed by atoms with Gasteiger partial charge < -0.3 is 14.2 Å². The molecular weight excluding hydrogens is 781 g/mol. The molecule has 0 aliphatic carbocycles. The number of esters is 3. The van der Waals surface area contributed by atoms with Crippen molar-refractivity contribution >= 4 is 17.9 Å². The van der Waals surface area contributed by atoms with Crippen LogP contribution in [0.25, 0.3) is 0 Å². The zero-order chi connectivity index (χ0) is 45.8. The molecule has 6 nitrogen and oxygen atoms in total. The van der Waals surface area contributed by atoms with Crippen molar-refractivity contribution in [2.45, 2.75) is 271 Å². The summed E-state index contributed by atoms with van der Waals surface area (Å²) in [7, 11) is 0. The Morgan fingerprint density at radius 1 is 0.333 bits per heavy atom. The largest absolute Gasteiger partial charge is 0.462 e. The van der Waals surface area contributed by atoms with Crippen molar-refractivity contribution in [3.8, 4) is 0 Å². The predicted octanol–water partition coefficient (Wildman–Crippen LogP) is 17.6. The number of unbranched alkanes of at least 4 members (excludes halogenated alkanes) is 27. The van der Waals surface area contributed by atoms with Crippen molar-refractivity contribution in [1.82, 2.24) is 0 Å². The number of carbonyl (C=O) groups excluding carboxylic acids is 3. The molecule has 0 amide bonds. The van der Waals surface area contributed by atoms with Gasteiger partial charge in [0.05, 0.1) is 0 Å². The smallest absolute Gasteiger partial charge is 0.306 e. The molecule has 0 aromatic carbocycles. The average molecular weight is 881 g/mol. The van der Waals surface area contributed by atoms with Gasteiger partial charge in [-0.1, -0.05) is 223 Å². The molecule has 0 rings (SSSR count). The summed E-state index contributed by atoms with van der Waals surface area (Å²) in [4.78, 5) is 38.0. The third kappa shape index (κ3) is 50.0. The highest BCUT2D eigenvalue weighted by Crippen LogP contribution is 2.15. The molecular formula is C57H100O6. The first-order chi connectivity index (χ1) is 31.0. The lowest BCUT2D eigenvalue weighted by Crippen LogP contribution is -2.30. The standard InChI is InChI=1S/C57H100O6/c1-4-7-10-13-16-19-22-25-26-27-28-29-30-33-35-38-41-44-47-50-56(59)62-53-54(63-57(60)51-48-45-42-39-36-32-24-21-18-15-12-9-6-3)52-61-55(58)49-46-43-40-37-34-31-23-20-17-14-11-8-5-2/h7,10,16,19,25-26,28-29,32,36,54H,4-6,8-9,11-15,17-18,20-24,27,30-31,33-35,37-53H2,1-3H3/b10-7-,19-16-,26-25-,29-28-,36-32-. The van der Waals surface area contributed by atoms with Crippen molar-refractivity contribution in [2.75, 3.05) is 13.2 Å². The second-order valence-electron chi connectivity index (χ2n) is 17.8. The zero-order valence-corrected chi connectivity index (χ0v) is 41.6. The molecule has 0 aromatic rings. The van der Waals surface area contributed by atoms with Crippen LogP contribution in [-0.4, -0.2) is 37.2 Å². The molecule has 0 saturated heterocycles. The van der Waals surface area contributed by atoms with Gasteiger partial charge in [0, 0.05) is 19.3 Å². The van der Waals surface area contributed by atoms with Gasteiger partial charge in [-0.05, 0) is 83.5 Å². The Morgan fingerprint density at radius 2 is 0.619 bits per heavy atom. The average Bonchev–Trinajstić information content (AvgIpc) is 3.28. The molecule has 0 N–H and O–H groups in total. The van der Waals surface area contributed by atoms with E-state index in [1.54, 1.807) is 0 Å². The van der Waals surface area contributed by atoms with Gasteiger partial charge in [0.15, 0.2) is 6.10 Å². The van der Waals surface area contributed by atoms with Crippen molar-refractivity contribution in [2.24, 2.45) is 0 Å². The van der Waals surface area contributed by atoms with Gasteiger partial charge in [0.1, 0.15) is 13.2 Å². The lowest BCUT2D eigenvalue weighted by molar-refractivity contribution is -0.167. The summed E-state index contributed by atoms with van der Waals surface area (Å²) in [6.45, 7) is 6.50. The van der Waals surface area contributed by atoms with E-state index < -0.39 is 6.10 Å². The van der Waals surface area contributed by atoms with Gasteiger partial charge >= 0.3 is 17.9 Å². The first-order valence-electron chi connectivity index (χ1n) is 26.8. The number of hydrogen-bond donors (Lipinski definition) is 0. The normalized spacial score (nSPS) is 12.5.